The van der Waals surface area contributed by atoms with E-state index in [2.05, 4.69) is 40.7 Å². The lowest BCUT2D eigenvalue weighted by Crippen LogP contribution is -2.50. The molecule has 28 heavy (non-hydrogen) atoms. The van der Waals surface area contributed by atoms with Crippen molar-refractivity contribution in [3.05, 3.63) is 11.6 Å². The predicted molar refractivity (Wildman–Crippen MR) is 119 cm³/mol. The maximum atomic E-state index is 10.2. The molecule has 3 saturated carbocycles. The van der Waals surface area contributed by atoms with Crippen LogP contribution in [0, 0.1) is 46.3 Å². The van der Waals surface area contributed by atoms with Crippen LogP contribution in [0.5, 0.6) is 0 Å². The van der Waals surface area contributed by atoms with Gasteiger partial charge in [-0.15, -0.1) is 0 Å². The molecule has 0 saturated heterocycles. The summed E-state index contributed by atoms with van der Waals surface area (Å²) in [6, 6.07) is 0. The molecule has 1 heteroatoms. The molecule has 0 aromatic rings. The second kappa shape index (κ2) is 7.75. The van der Waals surface area contributed by atoms with Gasteiger partial charge in [0.1, 0.15) is 0 Å². The van der Waals surface area contributed by atoms with Gasteiger partial charge in [-0.25, -0.2) is 0 Å². The number of aliphatic hydroxyl groups excluding tert-OH is 1. The number of allylic oxidation sites excluding steroid dienone is 1. The first-order valence-electron chi connectivity index (χ1n) is 12.6. The first-order valence-corrected chi connectivity index (χ1v) is 12.6. The Labute approximate surface area is 174 Å². The van der Waals surface area contributed by atoms with E-state index in [-0.39, 0.29) is 6.10 Å². The minimum atomic E-state index is -0.0766. The molecule has 0 amide bonds. The largest absolute Gasteiger partial charge is 0.393 e. The van der Waals surface area contributed by atoms with Crippen molar-refractivity contribution >= 4 is 0 Å². The molecule has 0 bridgehead atoms. The van der Waals surface area contributed by atoms with E-state index >= 15 is 0 Å². The highest BCUT2D eigenvalue weighted by Gasteiger charge is 2.59. The average Bonchev–Trinajstić information content (AvgIpc) is 2.99. The molecule has 1 N–H and O–H groups in total. The smallest absolute Gasteiger partial charge is 0.0577 e. The van der Waals surface area contributed by atoms with Crippen LogP contribution in [0.4, 0.5) is 0 Å². The summed E-state index contributed by atoms with van der Waals surface area (Å²) >= 11 is 0. The molecule has 0 aliphatic heterocycles. The lowest BCUT2D eigenvalue weighted by Gasteiger charge is -2.58. The summed E-state index contributed by atoms with van der Waals surface area (Å²) in [5.41, 5.74) is 2.60. The van der Waals surface area contributed by atoms with Gasteiger partial charge in [0.05, 0.1) is 6.10 Å². The van der Waals surface area contributed by atoms with Crippen molar-refractivity contribution in [3.8, 4) is 0 Å². The molecule has 4 aliphatic rings. The molecule has 0 aromatic heterocycles. The van der Waals surface area contributed by atoms with Crippen molar-refractivity contribution < 1.29 is 5.11 Å². The van der Waals surface area contributed by atoms with E-state index in [1.807, 2.05) is 0 Å². The van der Waals surface area contributed by atoms with E-state index < -0.39 is 0 Å². The fourth-order valence-electron chi connectivity index (χ4n) is 8.67. The Kier molecular flexibility index (Phi) is 5.80. The predicted octanol–water partition coefficient (Wildman–Crippen LogP) is 7.39. The number of hydrogen-bond donors (Lipinski definition) is 1. The molecule has 0 spiro atoms. The highest BCUT2D eigenvalue weighted by atomic mass is 16.3. The summed E-state index contributed by atoms with van der Waals surface area (Å²) in [7, 11) is 0. The fraction of sp³-hybridized carbons (Fsp3) is 0.926. The zero-order valence-corrected chi connectivity index (χ0v) is 19.3. The van der Waals surface area contributed by atoms with Gasteiger partial charge < -0.3 is 5.11 Å². The molecule has 1 nitrogen and oxygen atoms in total. The van der Waals surface area contributed by atoms with E-state index in [0.29, 0.717) is 10.8 Å². The van der Waals surface area contributed by atoms with Gasteiger partial charge in [-0.2, -0.15) is 0 Å². The van der Waals surface area contributed by atoms with E-state index in [1.165, 1.54) is 57.8 Å². The zero-order chi connectivity index (χ0) is 20.1. The number of aliphatic hydroxyl groups is 1. The van der Waals surface area contributed by atoms with Crippen molar-refractivity contribution in [2.75, 3.05) is 0 Å². The molecule has 0 radical (unpaired) electrons. The monoisotopic (exact) mass is 388 g/mol. The lowest BCUT2D eigenvalue weighted by atomic mass is 9.48. The van der Waals surface area contributed by atoms with Gasteiger partial charge in [-0.05, 0) is 97.7 Å². The summed E-state index contributed by atoms with van der Waals surface area (Å²) in [6.07, 6.45) is 17.2. The number of rotatable bonds is 5. The van der Waals surface area contributed by atoms with E-state index in [9.17, 15) is 5.11 Å². The van der Waals surface area contributed by atoms with Crippen molar-refractivity contribution in [3.63, 3.8) is 0 Å². The minimum Gasteiger partial charge on any atom is -0.393 e. The Morgan fingerprint density at radius 1 is 1.04 bits per heavy atom. The summed E-state index contributed by atoms with van der Waals surface area (Å²) in [5, 5.41) is 10.2. The van der Waals surface area contributed by atoms with E-state index in [1.54, 1.807) is 5.57 Å². The molecular formula is C27H46O. The lowest BCUT2D eigenvalue weighted by molar-refractivity contribution is -0.0573. The SMILES string of the molecule is CC(C)CCC[C@@H](C)[C@H]1CC[C@H]2[C@@H]3CC=C4[14CH2]C(O)CC[C@]4(C)[C@H]3CC[C@]12C. The maximum absolute atomic E-state index is 10.2. The van der Waals surface area contributed by atoms with E-state index in [0.717, 1.165) is 48.3 Å². The Morgan fingerprint density at radius 3 is 2.57 bits per heavy atom. The van der Waals surface area contributed by atoms with Gasteiger partial charge in [0, 0.05) is 0 Å². The first-order chi connectivity index (χ1) is 13.3. The first kappa shape index (κ1) is 21.0. The minimum absolute atomic E-state index is 0.0766. The third kappa shape index (κ3) is 3.42. The second-order valence-electron chi connectivity index (χ2n) is 12.2. The molecular weight excluding hydrogens is 342 g/mol. The van der Waals surface area contributed by atoms with Crippen molar-refractivity contribution in [2.45, 2.75) is 111 Å². The quantitative estimate of drug-likeness (QED) is 0.487. The molecule has 3 fully saturated rings. The summed E-state index contributed by atoms with van der Waals surface area (Å²) < 4.78 is 0. The standard InChI is InChI=1S/C27H46O/c1-18(2)7-6-8-19(3)23-11-12-24-22-10-9-20-17-21(28)13-15-26(20,4)25(22)14-16-27(23,24)5/h9,18-19,21-25,28H,6-8,10-17H2,1-5H3/t19-,21?,22+,23-,24+,25+,26+,27-/m1/s1/i17+2. The van der Waals surface area contributed by atoms with Crippen LogP contribution < -0.4 is 0 Å². The second-order valence-corrected chi connectivity index (χ2v) is 12.2. The molecule has 4 rings (SSSR count). The van der Waals surface area contributed by atoms with Crippen LogP contribution in [0.15, 0.2) is 11.6 Å². The third-order valence-corrected chi connectivity index (χ3v) is 10.3. The van der Waals surface area contributed by atoms with Crippen LogP contribution in [-0.2, 0) is 0 Å². The van der Waals surface area contributed by atoms with Gasteiger partial charge in [-0.3, -0.25) is 0 Å². The van der Waals surface area contributed by atoms with Gasteiger partial charge >= 0.3 is 0 Å². The number of fused-ring (bicyclic) bond motifs is 5. The van der Waals surface area contributed by atoms with Gasteiger partial charge in [0.15, 0.2) is 0 Å². The highest BCUT2D eigenvalue weighted by molar-refractivity contribution is 5.25. The summed E-state index contributed by atoms with van der Waals surface area (Å²) in [4.78, 5) is 0. The Hall–Kier alpha value is -0.300. The Bertz CT molecular complexity index is 591. The normalized spacial score (nSPS) is 46.5. The van der Waals surface area contributed by atoms with Crippen LogP contribution in [0.3, 0.4) is 0 Å². The maximum Gasteiger partial charge on any atom is 0.0577 e. The van der Waals surface area contributed by atoms with Crippen molar-refractivity contribution in [1.82, 2.24) is 0 Å². The van der Waals surface area contributed by atoms with Gasteiger partial charge in [0.25, 0.3) is 0 Å². The van der Waals surface area contributed by atoms with Crippen LogP contribution in [-0.4, -0.2) is 11.2 Å². The van der Waals surface area contributed by atoms with Crippen LogP contribution in [0.25, 0.3) is 0 Å². The van der Waals surface area contributed by atoms with Crippen molar-refractivity contribution in [1.29, 1.82) is 0 Å². The summed E-state index contributed by atoms with van der Waals surface area (Å²) in [5.74, 6) is 5.46. The molecule has 8 atom stereocenters. The van der Waals surface area contributed by atoms with Crippen LogP contribution in [0.2, 0.25) is 0 Å². The molecule has 0 heterocycles. The topological polar surface area (TPSA) is 20.2 Å². The third-order valence-electron chi connectivity index (χ3n) is 10.3. The Balaban J connectivity index is 1.49. The molecule has 0 aromatic carbocycles. The van der Waals surface area contributed by atoms with Gasteiger partial charge in [-0.1, -0.05) is 65.5 Å². The average molecular weight is 389 g/mol. The number of hydrogen-bond acceptors (Lipinski definition) is 1. The highest BCUT2D eigenvalue weighted by Crippen LogP contribution is 2.67. The van der Waals surface area contributed by atoms with Crippen molar-refractivity contribution in [2.24, 2.45) is 46.3 Å². The molecule has 1 unspecified atom stereocenters. The fourth-order valence-corrected chi connectivity index (χ4v) is 8.67. The van der Waals surface area contributed by atoms with Gasteiger partial charge in [0.2, 0.25) is 0 Å². The zero-order valence-electron chi connectivity index (χ0n) is 19.3. The summed E-state index contributed by atoms with van der Waals surface area (Å²) in [6.45, 7) is 12.6. The van der Waals surface area contributed by atoms with Crippen LogP contribution >= 0.6 is 0 Å². The Morgan fingerprint density at radius 2 is 1.82 bits per heavy atom. The van der Waals surface area contributed by atoms with Crippen LogP contribution in [0.1, 0.15) is 105 Å². The molecule has 4 aliphatic carbocycles. The molecule has 160 valence electrons. The van der Waals surface area contributed by atoms with E-state index in [4.69, 9.17) is 0 Å².